The fourth-order valence-electron chi connectivity index (χ4n) is 3.07. The van der Waals surface area contributed by atoms with Crippen molar-refractivity contribution in [1.82, 2.24) is 9.88 Å². The number of thiazole rings is 1. The minimum atomic E-state index is -0.200. The average molecular weight is 427 g/mol. The lowest BCUT2D eigenvalue weighted by Gasteiger charge is -2.09. The van der Waals surface area contributed by atoms with Crippen molar-refractivity contribution in [3.63, 3.8) is 0 Å². The Morgan fingerprint density at radius 1 is 1.07 bits per heavy atom. The van der Waals surface area contributed by atoms with Gasteiger partial charge in [-0.15, -0.1) is 11.8 Å². The zero-order valence-electron chi connectivity index (χ0n) is 17.2. The van der Waals surface area contributed by atoms with Gasteiger partial charge in [-0.25, -0.2) is 0 Å². The van der Waals surface area contributed by atoms with Crippen molar-refractivity contribution in [2.24, 2.45) is 0 Å². The molecule has 3 aromatic rings. The average Bonchev–Trinajstić information content (AvgIpc) is 3.01. The molecule has 0 atom stereocenters. The van der Waals surface area contributed by atoms with Crippen LogP contribution in [0.3, 0.4) is 0 Å². The number of nitrogens with one attached hydrogen (secondary N) is 1. The number of rotatable bonds is 7. The van der Waals surface area contributed by atoms with Crippen LogP contribution in [-0.4, -0.2) is 16.7 Å². The number of nitrogens with zero attached hydrogens (tertiary/aromatic N) is 1. The van der Waals surface area contributed by atoms with E-state index < -0.39 is 0 Å². The van der Waals surface area contributed by atoms with E-state index in [0.29, 0.717) is 29.6 Å². The molecule has 1 aromatic heterocycles. The topological polar surface area (TPSA) is 51.1 Å². The Morgan fingerprint density at radius 3 is 2.28 bits per heavy atom. The fourth-order valence-corrected chi connectivity index (χ4v) is 4.38. The van der Waals surface area contributed by atoms with Crippen molar-refractivity contribution in [2.45, 2.75) is 44.7 Å². The molecular weight excluding hydrogens is 400 g/mol. The van der Waals surface area contributed by atoms with Gasteiger partial charge in [0.2, 0.25) is 0 Å². The molecule has 6 heteroatoms. The Labute approximate surface area is 180 Å². The highest BCUT2D eigenvalue weighted by Crippen LogP contribution is 2.18. The number of hydrogen-bond donors (Lipinski definition) is 1. The molecule has 0 fully saturated rings. The quantitative estimate of drug-likeness (QED) is 0.539. The maximum absolute atomic E-state index is 12.7. The normalized spacial score (nSPS) is 11.1. The molecule has 0 radical (unpaired) electrons. The van der Waals surface area contributed by atoms with Crippen molar-refractivity contribution >= 4 is 29.0 Å². The van der Waals surface area contributed by atoms with E-state index in [2.05, 4.69) is 31.3 Å². The van der Waals surface area contributed by atoms with Crippen LogP contribution in [0, 0.1) is 6.92 Å². The van der Waals surface area contributed by atoms with Gasteiger partial charge in [0.25, 0.3) is 5.91 Å². The second-order valence-corrected chi connectivity index (χ2v) is 9.14. The summed E-state index contributed by atoms with van der Waals surface area (Å²) in [6, 6.07) is 16.4. The minimum Gasteiger partial charge on any atom is -0.347 e. The smallest absolute Gasteiger partial charge is 0.308 e. The van der Waals surface area contributed by atoms with E-state index in [0.717, 1.165) is 22.5 Å². The van der Waals surface area contributed by atoms with Crippen LogP contribution in [0.5, 0.6) is 0 Å². The SMILES string of the molecule is CSc1ccc(Cn2c(C)c(C(=O)NCc3ccc(C(C)C)cc3)sc2=O)cc1. The maximum Gasteiger partial charge on any atom is 0.308 e. The first-order valence-corrected chi connectivity index (χ1v) is 11.6. The zero-order valence-corrected chi connectivity index (χ0v) is 18.8. The molecule has 1 N–H and O–H groups in total. The molecule has 0 bridgehead atoms. The van der Waals surface area contributed by atoms with Gasteiger partial charge in [0.1, 0.15) is 4.88 Å². The summed E-state index contributed by atoms with van der Waals surface area (Å²) in [5.41, 5.74) is 4.07. The van der Waals surface area contributed by atoms with Gasteiger partial charge in [-0.05, 0) is 47.9 Å². The molecule has 0 saturated carbocycles. The molecule has 1 heterocycles. The Bertz CT molecular complexity index is 1030. The third-order valence-corrected chi connectivity index (χ3v) is 6.77. The van der Waals surface area contributed by atoms with E-state index in [1.54, 1.807) is 16.3 Å². The summed E-state index contributed by atoms with van der Waals surface area (Å²) in [6.07, 6.45) is 2.03. The largest absolute Gasteiger partial charge is 0.347 e. The summed E-state index contributed by atoms with van der Waals surface area (Å²) < 4.78 is 1.67. The van der Waals surface area contributed by atoms with Crippen LogP contribution in [0.2, 0.25) is 0 Å². The van der Waals surface area contributed by atoms with Crippen molar-refractivity contribution in [3.05, 3.63) is 85.5 Å². The van der Waals surface area contributed by atoms with Gasteiger partial charge in [-0.3, -0.25) is 14.2 Å². The molecule has 29 heavy (non-hydrogen) atoms. The van der Waals surface area contributed by atoms with Crippen LogP contribution in [0.15, 0.2) is 58.2 Å². The molecule has 152 valence electrons. The second-order valence-electron chi connectivity index (χ2n) is 7.30. The summed E-state index contributed by atoms with van der Waals surface area (Å²) in [5.74, 6) is 0.282. The van der Waals surface area contributed by atoms with Gasteiger partial charge in [-0.1, -0.05) is 61.6 Å². The fraction of sp³-hybridized carbons (Fsp3) is 0.304. The predicted molar refractivity (Wildman–Crippen MR) is 122 cm³/mol. The summed E-state index contributed by atoms with van der Waals surface area (Å²) in [7, 11) is 0. The van der Waals surface area contributed by atoms with Crippen molar-refractivity contribution in [2.75, 3.05) is 6.26 Å². The summed E-state index contributed by atoms with van der Waals surface area (Å²) in [4.78, 5) is 26.7. The monoisotopic (exact) mass is 426 g/mol. The molecule has 4 nitrogen and oxygen atoms in total. The number of carbonyl (C=O) groups excluding carboxylic acids is 1. The Hall–Kier alpha value is -2.31. The Morgan fingerprint density at radius 2 is 1.69 bits per heavy atom. The highest BCUT2D eigenvalue weighted by atomic mass is 32.2. The molecule has 0 spiro atoms. The van der Waals surface area contributed by atoms with E-state index in [-0.39, 0.29) is 10.8 Å². The Balaban J connectivity index is 1.69. The van der Waals surface area contributed by atoms with Gasteiger partial charge < -0.3 is 5.32 Å². The maximum atomic E-state index is 12.7. The number of thioether (sulfide) groups is 1. The molecule has 3 rings (SSSR count). The number of carbonyl (C=O) groups is 1. The Kier molecular flexibility index (Phi) is 6.98. The molecule has 2 aromatic carbocycles. The van der Waals surface area contributed by atoms with Crippen LogP contribution in [-0.2, 0) is 13.1 Å². The van der Waals surface area contributed by atoms with Crippen molar-refractivity contribution in [1.29, 1.82) is 0 Å². The summed E-state index contributed by atoms with van der Waals surface area (Å²) in [5, 5.41) is 2.94. The van der Waals surface area contributed by atoms with Crippen LogP contribution < -0.4 is 10.2 Å². The highest BCUT2D eigenvalue weighted by molar-refractivity contribution is 7.98. The van der Waals surface area contributed by atoms with E-state index in [9.17, 15) is 9.59 Å². The van der Waals surface area contributed by atoms with Crippen molar-refractivity contribution < 1.29 is 4.79 Å². The molecule has 0 aliphatic heterocycles. The zero-order chi connectivity index (χ0) is 21.0. The minimum absolute atomic E-state index is 0.108. The summed E-state index contributed by atoms with van der Waals surface area (Å²) in [6.45, 7) is 7.06. The molecular formula is C23H26N2O2S2. The highest BCUT2D eigenvalue weighted by Gasteiger charge is 2.17. The van der Waals surface area contributed by atoms with Crippen molar-refractivity contribution in [3.8, 4) is 0 Å². The van der Waals surface area contributed by atoms with E-state index in [1.165, 1.54) is 10.5 Å². The first-order valence-electron chi connectivity index (χ1n) is 9.59. The predicted octanol–water partition coefficient (Wildman–Crippen LogP) is 5.04. The molecule has 1 amide bonds. The molecule has 0 aliphatic carbocycles. The van der Waals surface area contributed by atoms with Gasteiger partial charge >= 0.3 is 4.87 Å². The second kappa shape index (κ2) is 9.46. The number of aromatic nitrogens is 1. The van der Waals surface area contributed by atoms with E-state index in [4.69, 9.17) is 0 Å². The lowest BCUT2D eigenvalue weighted by atomic mass is 10.0. The van der Waals surface area contributed by atoms with E-state index >= 15 is 0 Å². The first-order chi connectivity index (χ1) is 13.9. The van der Waals surface area contributed by atoms with Gasteiger partial charge in [0.15, 0.2) is 0 Å². The molecule has 0 unspecified atom stereocenters. The lowest BCUT2D eigenvalue weighted by Crippen LogP contribution is -2.23. The van der Waals surface area contributed by atoms with Gasteiger partial charge in [0.05, 0.1) is 6.54 Å². The number of hydrogen-bond acceptors (Lipinski definition) is 4. The summed E-state index contributed by atoms with van der Waals surface area (Å²) >= 11 is 2.69. The van der Waals surface area contributed by atoms with Crippen LogP contribution in [0.25, 0.3) is 0 Å². The first kappa shape index (κ1) is 21.4. The van der Waals surface area contributed by atoms with Gasteiger partial charge in [-0.2, -0.15) is 0 Å². The van der Waals surface area contributed by atoms with Crippen LogP contribution in [0.4, 0.5) is 0 Å². The van der Waals surface area contributed by atoms with Crippen LogP contribution in [0.1, 0.15) is 51.8 Å². The van der Waals surface area contributed by atoms with Crippen LogP contribution >= 0.6 is 23.1 Å². The number of benzene rings is 2. The molecule has 0 aliphatic rings. The standard InChI is InChI=1S/C23H26N2O2S2/c1-15(2)19-9-5-17(6-10-19)13-24-22(26)21-16(3)25(23(27)29-21)14-18-7-11-20(28-4)12-8-18/h5-12,15H,13-14H2,1-4H3,(H,24,26). The third kappa shape index (κ3) is 5.19. The van der Waals surface area contributed by atoms with Gasteiger partial charge in [0, 0.05) is 17.1 Å². The lowest BCUT2D eigenvalue weighted by molar-refractivity contribution is 0.0954. The molecule has 0 saturated heterocycles. The number of amides is 1. The third-order valence-electron chi connectivity index (χ3n) is 4.95. The van der Waals surface area contributed by atoms with E-state index in [1.807, 2.05) is 49.6 Å².